The minimum Gasteiger partial charge on any atom is -0.494 e. The molecule has 7 heterocycles. The van der Waals surface area contributed by atoms with E-state index in [2.05, 4.69) is 73.9 Å². The van der Waals surface area contributed by atoms with Gasteiger partial charge in [-0.15, -0.1) is 0 Å². The minimum atomic E-state index is -2.78. The number of methoxy groups -OCH3 is 1. The van der Waals surface area contributed by atoms with Crippen molar-refractivity contribution in [3.05, 3.63) is 83.1 Å². The molecule has 4 aromatic heterocycles. The van der Waals surface area contributed by atoms with Crippen molar-refractivity contribution in [1.82, 2.24) is 44.7 Å². The van der Waals surface area contributed by atoms with Crippen LogP contribution in [0.25, 0.3) is 32.9 Å². The highest BCUT2D eigenvalue weighted by Gasteiger charge is 2.32. The van der Waals surface area contributed by atoms with Crippen LogP contribution in [0.5, 0.6) is 5.75 Å². The molecular formula is C51H59BrFN14O4P. The molecule has 3 N–H and O–H groups in total. The number of aromatic nitrogens is 7. The summed E-state index contributed by atoms with van der Waals surface area (Å²) >= 11 is 3.66. The Balaban J connectivity index is 0.823. The maximum absolute atomic E-state index is 15.9. The molecule has 3 aromatic carbocycles. The predicted octanol–water partition coefficient (Wildman–Crippen LogP) is 8.53. The van der Waals surface area contributed by atoms with Gasteiger partial charge in [-0.3, -0.25) is 34.3 Å². The van der Waals surface area contributed by atoms with Crippen LogP contribution in [0, 0.1) is 18.7 Å². The number of nitrogens with zero attached hydrogens (tertiary/aromatic N) is 11. The SMILES string of the molecule is CCP(=O)(CC)c1c(Nc2nc(Nc3cc(-c4cnn(C)c4)c(N4CCC(CN5CCN(c6cc7c(cc6F)c(N6CCC(=O)NC6=O)nn7C)CC5)CC4)cc3OC)ncc2Br)ccc2nc(C)ccc12. The van der Waals surface area contributed by atoms with Crippen molar-refractivity contribution in [3.8, 4) is 16.9 Å². The summed E-state index contributed by atoms with van der Waals surface area (Å²) in [5.41, 5.74) is 7.36. The van der Waals surface area contributed by atoms with Gasteiger partial charge in [0, 0.05) is 142 Å². The summed E-state index contributed by atoms with van der Waals surface area (Å²) < 4.78 is 40.5. The summed E-state index contributed by atoms with van der Waals surface area (Å²) in [6.45, 7) is 11.8. The number of imide groups is 1. The van der Waals surface area contributed by atoms with E-state index in [0.717, 1.165) is 89.8 Å². The number of carbonyl (C=O) groups excluding carboxylic acids is 2. The van der Waals surface area contributed by atoms with Gasteiger partial charge >= 0.3 is 6.03 Å². The number of ether oxygens (including phenoxy) is 1. The molecule has 18 nitrogen and oxygen atoms in total. The van der Waals surface area contributed by atoms with Gasteiger partial charge in [-0.05, 0) is 78.0 Å². The summed E-state index contributed by atoms with van der Waals surface area (Å²) in [5, 5.41) is 20.5. The Kier molecular flexibility index (Phi) is 13.7. The van der Waals surface area contributed by atoms with Gasteiger partial charge < -0.3 is 29.7 Å². The number of piperidine rings is 1. The number of aryl methyl sites for hydroxylation is 3. The molecule has 72 heavy (non-hydrogen) atoms. The number of piperazine rings is 1. The van der Waals surface area contributed by atoms with Crippen LogP contribution in [-0.2, 0) is 23.5 Å². The maximum Gasteiger partial charge on any atom is 0.329 e. The lowest BCUT2D eigenvalue weighted by molar-refractivity contribution is -0.120. The molecule has 0 radical (unpaired) electrons. The third kappa shape index (κ3) is 9.58. The normalized spacial score (nSPS) is 16.2. The molecule has 0 aliphatic carbocycles. The number of anilines is 7. The highest BCUT2D eigenvalue weighted by atomic mass is 79.9. The van der Waals surface area contributed by atoms with E-state index >= 15 is 4.39 Å². The second-order valence-corrected chi connectivity index (χ2v) is 23.2. The predicted molar refractivity (Wildman–Crippen MR) is 286 cm³/mol. The van der Waals surface area contributed by atoms with Crippen LogP contribution in [0.15, 0.2) is 71.6 Å². The van der Waals surface area contributed by atoms with Crippen LogP contribution in [0.3, 0.4) is 0 Å². The minimum absolute atomic E-state index is 0.161. The van der Waals surface area contributed by atoms with Crippen molar-refractivity contribution in [3.63, 3.8) is 0 Å². The lowest BCUT2D eigenvalue weighted by Gasteiger charge is -2.40. The first kappa shape index (κ1) is 49.0. The van der Waals surface area contributed by atoms with Crippen LogP contribution in [-0.4, -0.2) is 123 Å². The zero-order chi connectivity index (χ0) is 50.4. The quantitative estimate of drug-likeness (QED) is 0.0881. The fraction of sp³-hybridized carbons (Fsp3) is 0.392. The van der Waals surface area contributed by atoms with Gasteiger partial charge in [0.1, 0.15) is 24.5 Å². The van der Waals surface area contributed by atoms with Crippen LogP contribution >= 0.6 is 23.1 Å². The number of urea groups is 1. The van der Waals surface area contributed by atoms with Gasteiger partial charge in [-0.2, -0.15) is 15.2 Å². The lowest BCUT2D eigenvalue weighted by Crippen LogP contribution is -2.49. The van der Waals surface area contributed by atoms with Crippen LogP contribution in [0.2, 0.25) is 0 Å². The van der Waals surface area contributed by atoms with E-state index in [0.29, 0.717) is 81.6 Å². The van der Waals surface area contributed by atoms with Crippen molar-refractivity contribution in [2.45, 2.75) is 40.0 Å². The summed E-state index contributed by atoms with van der Waals surface area (Å²) in [5.74, 6) is 1.64. The molecule has 3 aliphatic heterocycles. The number of benzene rings is 3. The van der Waals surface area contributed by atoms with Gasteiger partial charge in [-0.25, -0.2) is 14.2 Å². The molecule has 10 rings (SSSR count). The van der Waals surface area contributed by atoms with Crippen molar-refractivity contribution in [2.24, 2.45) is 20.0 Å². The van der Waals surface area contributed by atoms with Gasteiger partial charge in [0.05, 0.1) is 45.9 Å². The first-order chi connectivity index (χ1) is 34.7. The zero-order valence-corrected chi connectivity index (χ0v) is 43.9. The number of pyridine rings is 1. The first-order valence-electron chi connectivity index (χ1n) is 24.5. The highest BCUT2D eigenvalue weighted by Crippen LogP contribution is 2.48. The Morgan fingerprint density at radius 1 is 0.875 bits per heavy atom. The van der Waals surface area contributed by atoms with E-state index in [1.54, 1.807) is 29.7 Å². The van der Waals surface area contributed by atoms with E-state index in [4.69, 9.17) is 14.7 Å². The zero-order valence-electron chi connectivity index (χ0n) is 41.4. The molecule has 0 unspecified atom stereocenters. The Labute approximate surface area is 425 Å². The number of hydrogen-bond donors (Lipinski definition) is 3. The average molecular weight is 1060 g/mol. The van der Waals surface area contributed by atoms with Gasteiger partial charge in [-0.1, -0.05) is 19.9 Å². The van der Waals surface area contributed by atoms with Crippen LogP contribution < -0.4 is 40.7 Å². The molecule has 0 bridgehead atoms. The van der Waals surface area contributed by atoms with Crippen molar-refractivity contribution in [1.29, 1.82) is 0 Å². The number of halogens is 2. The number of hydrogen-bond acceptors (Lipinski definition) is 14. The Morgan fingerprint density at radius 3 is 2.35 bits per heavy atom. The number of amides is 3. The monoisotopic (exact) mass is 1060 g/mol. The molecule has 3 aliphatic rings. The largest absolute Gasteiger partial charge is 0.494 e. The second kappa shape index (κ2) is 20.1. The highest BCUT2D eigenvalue weighted by molar-refractivity contribution is 9.10. The van der Waals surface area contributed by atoms with Gasteiger partial charge in [0.2, 0.25) is 11.9 Å². The lowest BCUT2D eigenvalue weighted by atomic mass is 9.94. The standard InChI is InChI=1S/C51H59BrFN14O4P/c1-7-72(70,8-2)47-34-10-9-31(3)56-39(34)11-12-40(47)57-48-37(52)28-54-50(60-48)58-41-24-35(33-27-55-62(4)30-33)43(26-45(41)71-6)65-16-13-32(14-17-65)29-64-19-21-66(22-20-64)44-25-42-36(23-38(44)53)49(61-63(42)5)67-18-15-46(68)59-51(67)69/h9-12,23-28,30,32H,7-8,13-22,29H2,1-6H3,(H,59,68,69)(H2,54,57,58,60). The Hall–Kier alpha value is -6.63. The molecule has 0 atom stereocenters. The molecule has 376 valence electrons. The van der Waals surface area contributed by atoms with Gasteiger partial charge in [0.15, 0.2) is 5.82 Å². The van der Waals surface area contributed by atoms with E-state index in [1.807, 2.05) is 70.5 Å². The van der Waals surface area contributed by atoms with E-state index in [9.17, 15) is 14.2 Å². The second-order valence-electron chi connectivity index (χ2n) is 18.9. The first-order valence-corrected chi connectivity index (χ1v) is 27.4. The van der Waals surface area contributed by atoms with Crippen molar-refractivity contribution in [2.75, 3.05) is 97.1 Å². The fourth-order valence-electron chi connectivity index (χ4n) is 10.4. The van der Waals surface area contributed by atoms with Crippen molar-refractivity contribution < 1.29 is 23.3 Å². The third-order valence-corrected chi connectivity index (χ3v) is 18.3. The topological polar surface area (TPSA) is 184 Å². The molecule has 21 heteroatoms. The molecule has 7 aromatic rings. The number of fused-ring (bicyclic) bond motifs is 2. The van der Waals surface area contributed by atoms with E-state index in [1.165, 1.54) is 11.0 Å². The fourth-order valence-corrected chi connectivity index (χ4v) is 12.9. The number of rotatable bonds is 14. The molecular weight excluding hydrogens is 1000 g/mol. The summed E-state index contributed by atoms with van der Waals surface area (Å²) in [6.07, 6.45) is 8.80. The molecule has 0 saturated carbocycles. The molecule has 0 spiro atoms. The molecule has 3 amide bonds. The van der Waals surface area contributed by atoms with E-state index < -0.39 is 13.2 Å². The smallest absolute Gasteiger partial charge is 0.329 e. The summed E-state index contributed by atoms with van der Waals surface area (Å²) in [7, 11) is 2.57. The summed E-state index contributed by atoms with van der Waals surface area (Å²) in [4.78, 5) is 47.1. The Morgan fingerprint density at radius 2 is 1.64 bits per heavy atom. The van der Waals surface area contributed by atoms with Crippen molar-refractivity contribution >= 4 is 102 Å². The van der Waals surface area contributed by atoms with Gasteiger partial charge in [0.25, 0.3) is 0 Å². The number of nitrogens with one attached hydrogen (secondary N) is 3. The maximum atomic E-state index is 15.9. The molecule has 3 fully saturated rings. The van der Waals surface area contributed by atoms with E-state index in [-0.39, 0.29) is 24.7 Å². The van der Waals surface area contributed by atoms with Crippen LogP contribution in [0.4, 0.5) is 49.5 Å². The third-order valence-electron chi connectivity index (χ3n) is 14.4. The molecule has 3 saturated heterocycles. The number of carbonyl (C=O) groups is 2. The average Bonchev–Trinajstić information content (AvgIpc) is 3.96. The summed E-state index contributed by atoms with van der Waals surface area (Å²) in [6, 6.07) is 14.8. The Bertz CT molecular complexity index is 3270. The van der Waals surface area contributed by atoms with Crippen LogP contribution in [0.1, 0.15) is 38.8 Å².